The van der Waals surface area contributed by atoms with Crippen molar-refractivity contribution in [2.24, 2.45) is 0 Å². The lowest BCUT2D eigenvalue weighted by molar-refractivity contribution is 0.590. The minimum atomic E-state index is 0.0351. The Hall–Kier alpha value is -1.49. The van der Waals surface area contributed by atoms with Crippen LogP contribution in [0.2, 0.25) is 0 Å². The van der Waals surface area contributed by atoms with Crippen molar-refractivity contribution in [1.82, 2.24) is 0 Å². The number of anilines is 1. The third kappa shape index (κ3) is 1.88. The van der Waals surface area contributed by atoms with Gasteiger partial charge in [-0.15, -0.1) is 0 Å². The zero-order valence-corrected chi connectivity index (χ0v) is 9.18. The summed E-state index contributed by atoms with van der Waals surface area (Å²) < 4.78 is 0. The molecule has 74 valence electrons. The molecule has 2 nitrogen and oxygen atoms in total. The number of nitriles is 1. The molecule has 0 amide bonds. The second kappa shape index (κ2) is 3.34. The van der Waals surface area contributed by atoms with Gasteiger partial charge in [0.25, 0.3) is 0 Å². The normalized spacial score (nSPS) is 11.1. The van der Waals surface area contributed by atoms with Crippen LogP contribution >= 0.6 is 0 Å². The molecule has 0 radical (unpaired) electrons. The smallest absolute Gasteiger partial charge is 0.0995 e. The lowest BCUT2D eigenvalue weighted by Crippen LogP contribution is -2.12. The molecule has 0 aliphatic carbocycles. The Balaban J connectivity index is 3.40. The van der Waals surface area contributed by atoms with Crippen LogP contribution in [0.25, 0.3) is 0 Å². The lowest BCUT2D eigenvalue weighted by atomic mass is 9.85. The van der Waals surface area contributed by atoms with Crippen LogP contribution < -0.4 is 5.73 Å². The molecular formula is C12H16N2. The third-order valence-corrected chi connectivity index (χ3v) is 2.43. The highest BCUT2D eigenvalue weighted by molar-refractivity contribution is 5.57. The fraction of sp³-hybridized carbons (Fsp3) is 0.417. The Morgan fingerprint density at radius 2 is 1.86 bits per heavy atom. The molecular weight excluding hydrogens is 172 g/mol. The second-order valence-corrected chi connectivity index (χ2v) is 4.60. The highest BCUT2D eigenvalue weighted by Crippen LogP contribution is 2.27. The topological polar surface area (TPSA) is 49.8 Å². The first-order valence-corrected chi connectivity index (χ1v) is 4.67. The third-order valence-electron chi connectivity index (χ3n) is 2.43. The van der Waals surface area contributed by atoms with Crippen LogP contribution in [-0.4, -0.2) is 0 Å². The van der Waals surface area contributed by atoms with Gasteiger partial charge in [-0.25, -0.2) is 0 Å². The minimum absolute atomic E-state index is 0.0351. The molecule has 1 rings (SSSR count). The molecule has 14 heavy (non-hydrogen) atoms. The highest BCUT2D eigenvalue weighted by Gasteiger charge is 2.16. The standard InChI is InChI=1S/C12H16N2/c1-8-9(7-13)5-10(6-11(8)14)12(2,3)4/h5-6H,14H2,1-4H3. The highest BCUT2D eigenvalue weighted by atomic mass is 14.6. The van der Waals surface area contributed by atoms with Gasteiger partial charge in [-0.05, 0) is 35.6 Å². The molecule has 0 saturated heterocycles. The molecule has 0 saturated carbocycles. The van der Waals surface area contributed by atoms with E-state index in [9.17, 15) is 0 Å². The minimum Gasteiger partial charge on any atom is -0.398 e. The van der Waals surface area contributed by atoms with E-state index in [2.05, 4.69) is 26.8 Å². The fourth-order valence-corrected chi connectivity index (χ4v) is 1.29. The summed E-state index contributed by atoms with van der Waals surface area (Å²) in [7, 11) is 0. The Morgan fingerprint density at radius 1 is 1.29 bits per heavy atom. The maximum absolute atomic E-state index is 8.93. The average molecular weight is 188 g/mol. The van der Waals surface area contributed by atoms with Crippen LogP contribution in [-0.2, 0) is 5.41 Å². The molecule has 0 unspecified atom stereocenters. The van der Waals surface area contributed by atoms with Crippen LogP contribution in [0.1, 0.15) is 37.5 Å². The van der Waals surface area contributed by atoms with Crippen LogP contribution in [0, 0.1) is 18.3 Å². The van der Waals surface area contributed by atoms with Crippen molar-refractivity contribution < 1.29 is 0 Å². The van der Waals surface area contributed by atoms with E-state index in [1.165, 1.54) is 0 Å². The Morgan fingerprint density at radius 3 is 2.29 bits per heavy atom. The first-order chi connectivity index (χ1) is 6.36. The van der Waals surface area contributed by atoms with E-state index < -0.39 is 0 Å². The van der Waals surface area contributed by atoms with Gasteiger partial charge < -0.3 is 5.73 Å². The molecule has 2 heteroatoms. The van der Waals surface area contributed by atoms with E-state index in [1.54, 1.807) is 0 Å². The summed E-state index contributed by atoms with van der Waals surface area (Å²) in [5.74, 6) is 0. The van der Waals surface area contributed by atoms with Crippen molar-refractivity contribution in [3.63, 3.8) is 0 Å². The summed E-state index contributed by atoms with van der Waals surface area (Å²) in [6.45, 7) is 8.20. The number of hydrogen-bond donors (Lipinski definition) is 1. The van der Waals surface area contributed by atoms with Crippen LogP contribution in [0.15, 0.2) is 12.1 Å². The van der Waals surface area contributed by atoms with Gasteiger partial charge in [0, 0.05) is 5.69 Å². The monoisotopic (exact) mass is 188 g/mol. The molecule has 0 atom stereocenters. The zero-order valence-electron chi connectivity index (χ0n) is 9.18. The zero-order chi connectivity index (χ0) is 10.9. The number of nitrogens with zero attached hydrogens (tertiary/aromatic N) is 1. The number of benzene rings is 1. The van der Waals surface area contributed by atoms with Crippen molar-refractivity contribution >= 4 is 5.69 Å². The molecule has 0 heterocycles. The number of hydrogen-bond acceptors (Lipinski definition) is 2. The maximum Gasteiger partial charge on any atom is 0.0995 e. The van der Waals surface area contributed by atoms with Gasteiger partial charge in [0.1, 0.15) is 0 Å². The van der Waals surface area contributed by atoms with E-state index >= 15 is 0 Å². The summed E-state index contributed by atoms with van der Waals surface area (Å²) in [6, 6.07) is 6.05. The van der Waals surface area contributed by atoms with Gasteiger partial charge >= 0.3 is 0 Å². The predicted molar refractivity (Wildman–Crippen MR) is 59.0 cm³/mol. The molecule has 0 bridgehead atoms. The first kappa shape index (κ1) is 10.6. The molecule has 0 spiro atoms. The van der Waals surface area contributed by atoms with Gasteiger partial charge in [-0.3, -0.25) is 0 Å². The summed E-state index contributed by atoms with van der Waals surface area (Å²) in [6.07, 6.45) is 0. The first-order valence-electron chi connectivity index (χ1n) is 4.67. The van der Waals surface area contributed by atoms with Crippen LogP contribution in [0.3, 0.4) is 0 Å². The van der Waals surface area contributed by atoms with E-state index in [1.807, 2.05) is 19.1 Å². The number of nitrogens with two attached hydrogens (primary N) is 1. The van der Waals surface area contributed by atoms with Crippen LogP contribution in [0.4, 0.5) is 5.69 Å². The van der Waals surface area contributed by atoms with E-state index in [4.69, 9.17) is 11.0 Å². The largest absolute Gasteiger partial charge is 0.398 e. The van der Waals surface area contributed by atoms with E-state index in [0.717, 1.165) is 11.1 Å². The van der Waals surface area contributed by atoms with Crippen LogP contribution in [0.5, 0.6) is 0 Å². The molecule has 2 N–H and O–H groups in total. The molecule has 0 aliphatic rings. The molecule has 0 fully saturated rings. The summed E-state index contributed by atoms with van der Waals surface area (Å²) in [5.41, 5.74) is 9.24. The Kier molecular flexibility index (Phi) is 2.53. The van der Waals surface area contributed by atoms with Gasteiger partial charge in [-0.2, -0.15) is 5.26 Å². The quantitative estimate of drug-likeness (QED) is 0.636. The second-order valence-electron chi connectivity index (χ2n) is 4.60. The lowest BCUT2D eigenvalue weighted by Gasteiger charge is -2.20. The van der Waals surface area contributed by atoms with Crippen molar-refractivity contribution in [2.45, 2.75) is 33.1 Å². The molecule has 1 aromatic rings. The Labute approximate surface area is 85.4 Å². The van der Waals surface area contributed by atoms with Gasteiger partial charge in [0.2, 0.25) is 0 Å². The average Bonchev–Trinajstić information content (AvgIpc) is 2.07. The molecule has 0 aliphatic heterocycles. The number of nitrogen functional groups attached to an aromatic ring is 1. The van der Waals surface area contributed by atoms with Crippen molar-refractivity contribution in [2.75, 3.05) is 5.73 Å². The molecule has 0 aromatic heterocycles. The SMILES string of the molecule is Cc1c(N)cc(C(C)(C)C)cc1C#N. The molecule has 1 aromatic carbocycles. The number of rotatable bonds is 0. The van der Waals surface area contributed by atoms with Gasteiger partial charge in [0.15, 0.2) is 0 Å². The predicted octanol–water partition coefficient (Wildman–Crippen LogP) is 2.75. The maximum atomic E-state index is 8.93. The summed E-state index contributed by atoms with van der Waals surface area (Å²) in [4.78, 5) is 0. The summed E-state index contributed by atoms with van der Waals surface area (Å²) >= 11 is 0. The van der Waals surface area contributed by atoms with Crippen molar-refractivity contribution in [3.8, 4) is 6.07 Å². The van der Waals surface area contributed by atoms with E-state index in [-0.39, 0.29) is 5.41 Å². The van der Waals surface area contributed by atoms with Gasteiger partial charge in [0.05, 0.1) is 11.6 Å². The fourth-order valence-electron chi connectivity index (χ4n) is 1.29. The Bertz CT molecular complexity index is 392. The van der Waals surface area contributed by atoms with Crippen molar-refractivity contribution in [3.05, 3.63) is 28.8 Å². The van der Waals surface area contributed by atoms with E-state index in [0.29, 0.717) is 11.3 Å². The van der Waals surface area contributed by atoms with Crippen molar-refractivity contribution in [1.29, 1.82) is 5.26 Å². The van der Waals surface area contributed by atoms with Gasteiger partial charge in [-0.1, -0.05) is 20.8 Å². The summed E-state index contributed by atoms with van der Waals surface area (Å²) in [5, 5.41) is 8.93.